The van der Waals surface area contributed by atoms with Crippen molar-refractivity contribution in [3.8, 4) is 5.75 Å². The van der Waals surface area contributed by atoms with Gasteiger partial charge in [0.2, 0.25) is 0 Å². The molecule has 0 aliphatic carbocycles. The van der Waals surface area contributed by atoms with E-state index in [-0.39, 0.29) is 5.91 Å². The number of nitrogens with zero attached hydrogens (tertiary/aromatic N) is 2. The molecule has 27 heavy (non-hydrogen) atoms. The molecular weight excluding hydrogens is 358 g/mol. The number of carbonyl (C=O) groups excluding carboxylic acids is 1. The van der Waals surface area contributed by atoms with Crippen LogP contribution in [-0.4, -0.2) is 22.6 Å². The van der Waals surface area contributed by atoms with E-state index in [9.17, 15) is 4.79 Å². The molecule has 0 radical (unpaired) electrons. The van der Waals surface area contributed by atoms with Crippen molar-refractivity contribution >= 4 is 45.9 Å². The van der Waals surface area contributed by atoms with Crippen molar-refractivity contribution in [3.63, 3.8) is 0 Å². The molecule has 1 saturated heterocycles. The second kappa shape index (κ2) is 7.17. The maximum atomic E-state index is 12.8. The summed E-state index contributed by atoms with van der Waals surface area (Å²) in [7, 11) is 0. The molecule has 1 amide bonds. The minimum atomic E-state index is -0.203. The number of anilines is 1. The summed E-state index contributed by atoms with van der Waals surface area (Å²) < 4.78 is 5.66. The highest BCUT2D eigenvalue weighted by molar-refractivity contribution is 7.80. The van der Waals surface area contributed by atoms with Crippen molar-refractivity contribution in [1.29, 1.82) is 0 Å². The van der Waals surface area contributed by atoms with E-state index in [4.69, 9.17) is 17.0 Å². The fourth-order valence-corrected chi connectivity index (χ4v) is 3.28. The average Bonchev–Trinajstić information content (AvgIpc) is 2.96. The maximum Gasteiger partial charge on any atom is 0.281 e. The van der Waals surface area contributed by atoms with Crippen molar-refractivity contribution in [3.05, 3.63) is 72.1 Å². The van der Waals surface area contributed by atoms with E-state index in [1.807, 2.05) is 67.6 Å². The summed E-state index contributed by atoms with van der Waals surface area (Å²) in [6.07, 6.45) is 1.71. The summed E-state index contributed by atoms with van der Waals surface area (Å²) in [5.41, 5.74) is 2.54. The lowest BCUT2D eigenvalue weighted by Gasteiger charge is -2.13. The van der Waals surface area contributed by atoms with Gasteiger partial charge in [0.15, 0.2) is 5.11 Å². The molecule has 0 unspecified atom stereocenters. The molecule has 0 atom stereocenters. The van der Waals surface area contributed by atoms with E-state index in [1.54, 1.807) is 6.08 Å². The maximum absolute atomic E-state index is 12.8. The van der Waals surface area contributed by atoms with Crippen LogP contribution < -0.4 is 15.0 Å². The van der Waals surface area contributed by atoms with Crippen molar-refractivity contribution in [2.45, 2.75) is 6.92 Å². The number of ether oxygens (including phenoxy) is 1. The topological polar surface area (TPSA) is 54.5 Å². The third-order valence-corrected chi connectivity index (χ3v) is 4.47. The van der Waals surface area contributed by atoms with E-state index in [0.717, 1.165) is 22.3 Å². The Morgan fingerprint density at radius 1 is 1.11 bits per heavy atom. The van der Waals surface area contributed by atoms with Crippen LogP contribution in [0.15, 0.2) is 66.4 Å². The smallest absolute Gasteiger partial charge is 0.281 e. The molecule has 2 heterocycles. The summed E-state index contributed by atoms with van der Waals surface area (Å²) in [6, 6.07) is 19.0. The van der Waals surface area contributed by atoms with Crippen LogP contribution >= 0.6 is 12.2 Å². The monoisotopic (exact) mass is 375 g/mol. The van der Waals surface area contributed by atoms with Gasteiger partial charge in [0.25, 0.3) is 5.91 Å². The first-order valence-electron chi connectivity index (χ1n) is 8.62. The van der Waals surface area contributed by atoms with E-state index in [1.165, 1.54) is 4.90 Å². The number of carbonyl (C=O) groups is 1. The highest BCUT2D eigenvalue weighted by Crippen LogP contribution is 2.26. The van der Waals surface area contributed by atoms with E-state index < -0.39 is 0 Å². The molecule has 3 aromatic rings. The first-order chi connectivity index (χ1) is 13.2. The Labute approximate surface area is 162 Å². The second-order valence-corrected chi connectivity index (χ2v) is 6.35. The number of pyridine rings is 1. The third-order valence-electron chi connectivity index (χ3n) is 4.19. The van der Waals surface area contributed by atoms with Crippen molar-refractivity contribution in [1.82, 2.24) is 10.3 Å². The van der Waals surface area contributed by atoms with Gasteiger partial charge in [0.05, 0.1) is 18.0 Å². The quantitative estimate of drug-likeness (QED) is 0.554. The molecule has 5 nitrogen and oxygen atoms in total. The molecule has 134 valence electrons. The molecule has 6 heteroatoms. The molecular formula is C21H17N3O2S. The van der Waals surface area contributed by atoms with Crippen LogP contribution in [0.3, 0.4) is 0 Å². The predicted molar refractivity (Wildman–Crippen MR) is 111 cm³/mol. The lowest BCUT2D eigenvalue weighted by Crippen LogP contribution is -2.30. The average molecular weight is 375 g/mol. The van der Waals surface area contributed by atoms with Gasteiger partial charge in [-0.25, -0.2) is 4.98 Å². The van der Waals surface area contributed by atoms with Crippen LogP contribution in [0.1, 0.15) is 12.6 Å². The first kappa shape index (κ1) is 17.2. The fourth-order valence-electron chi connectivity index (χ4n) is 2.98. The Morgan fingerprint density at radius 2 is 1.93 bits per heavy atom. The van der Waals surface area contributed by atoms with Crippen LogP contribution in [0, 0.1) is 0 Å². The zero-order valence-corrected chi connectivity index (χ0v) is 15.5. The number of benzene rings is 2. The summed E-state index contributed by atoms with van der Waals surface area (Å²) in [5, 5.41) is 4.32. The Morgan fingerprint density at radius 3 is 2.70 bits per heavy atom. The Kier molecular flexibility index (Phi) is 4.56. The molecule has 1 aromatic heterocycles. The van der Waals surface area contributed by atoms with Gasteiger partial charge in [0.1, 0.15) is 17.0 Å². The lowest BCUT2D eigenvalue weighted by molar-refractivity contribution is -0.113. The zero-order valence-electron chi connectivity index (χ0n) is 14.7. The van der Waals surface area contributed by atoms with Crippen LogP contribution in [0.2, 0.25) is 0 Å². The zero-order chi connectivity index (χ0) is 18.8. The number of amides is 1. The van der Waals surface area contributed by atoms with Crippen molar-refractivity contribution in [2.24, 2.45) is 0 Å². The largest absolute Gasteiger partial charge is 0.492 e. The molecule has 1 aliphatic rings. The lowest BCUT2D eigenvalue weighted by atomic mass is 10.1. The summed E-state index contributed by atoms with van der Waals surface area (Å²) in [4.78, 5) is 18.9. The molecule has 0 spiro atoms. The van der Waals surface area contributed by atoms with E-state index in [0.29, 0.717) is 23.1 Å². The van der Waals surface area contributed by atoms with Gasteiger partial charge in [-0.05, 0) is 49.5 Å². The van der Waals surface area contributed by atoms with Gasteiger partial charge in [-0.2, -0.15) is 0 Å². The molecule has 0 saturated carbocycles. The summed E-state index contributed by atoms with van der Waals surface area (Å²) >= 11 is 5.34. The minimum Gasteiger partial charge on any atom is -0.492 e. The van der Waals surface area contributed by atoms with Crippen LogP contribution in [0.5, 0.6) is 5.75 Å². The highest BCUT2D eigenvalue weighted by Gasteiger charge is 2.31. The second-order valence-electron chi connectivity index (χ2n) is 5.96. The number of nitrogens with one attached hydrogen (secondary N) is 1. The Bertz CT molecular complexity index is 1060. The Balaban J connectivity index is 1.70. The normalized spacial score (nSPS) is 15.4. The van der Waals surface area contributed by atoms with Gasteiger partial charge < -0.3 is 10.1 Å². The standard InChI is InChI=1S/C21H17N3O2S/c1-2-26-18-10-6-7-14-11-12-15(22-19(14)18)13-17-20(25)24(21(27)23-17)16-8-4-3-5-9-16/h3-13H,2H2,1H3,(H,23,27). The summed E-state index contributed by atoms with van der Waals surface area (Å²) in [6.45, 7) is 2.50. The third kappa shape index (κ3) is 3.27. The minimum absolute atomic E-state index is 0.203. The predicted octanol–water partition coefficient (Wildman–Crippen LogP) is 3.90. The number of para-hydroxylation sites is 2. The molecule has 4 rings (SSSR count). The number of thiocarbonyl (C=S) groups is 1. The number of aromatic nitrogens is 1. The number of fused-ring (bicyclic) bond motifs is 1. The number of rotatable bonds is 4. The van der Waals surface area contributed by atoms with Crippen LogP contribution in [-0.2, 0) is 4.79 Å². The van der Waals surface area contributed by atoms with Crippen LogP contribution in [0.4, 0.5) is 5.69 Å². The molecule has 1 N–H and O–H groups in total. The van der Waals surface area contributed by atoms with Gasteiger partial charge >= 0.3 is 0 Å². The van der Waals surface area contributed by atoms with Crippen molar-refractivity contribution < 1.29 is 9.53 Å². The van der Waals surface area contributed by atoms with Gasteiger partial charge in [-0.1, -0.05) is 36.4 Å². The molecule has 1 fully saturated rings. The van der Waals surface area contributed by atoms with Crippen molar-refractivity contribution in [2.75, 3.05) is 11.5 Å². The number of hydrogen-bond donors (Lipinski definition) is 1. The fraction of sp³-hybridized carbons (Fsp3) is 0.0952. The van der Waals surface area contributed by atoms with Gasteiger partial charge in [-0.3, -0.25) is 9.69 Å². The van der Waals surface area contributed by atoms with Crippen LogP contribution in [0.25, 0.3) is 17.0 Å². The molecule has 0 bridgehead atoms. The van der Waals surface area contributed by atoms with Gasteiger partial charge in [-0.15, -0.1) is 0 Å². The van der Waals surface area contributed by atoms with Gasteiger partial charge in [0, 0.05) is 5.39 Å². The summed E-state index contributed by atoms with van der Waals surface area (Å²) in [5.74, 6) is 0.522. The van der Waals surface area contributed by atoms with E-state index >= 15 is 0 Å². The first-order valence-corrected chi connectivity index (χ1v) is 9.03. The Hall–Kier alpha value is -3.25. The highest BCUT2D eigenvalue weighted by atomic mass is 32.1. The molecule has 2 aromatic carbocycles. The SMILES string of the molecule is CCOc1cccc2ccc(C=C3NC(=S)N(c4ccccc4)C3=O)nc12. The van der Waals surface area contributed by atoms with E-state index in [2.05, 4.69) is 10.3 Å². The molecule has 1 aliphatic heterocycles. The number of hydrogen-bond acceptors (Lipinski definition) is 4.